The molecule has 0 aromatic carbocycles. The minimum atomic E-state index is -4.46. The largest absolute Gasteiger partial charge is 0.419 e. The third kappa shape index (κ3) is 8.27. The van der Waals surface area contributed by atoms with E-state index in [9.17, 15) is 13.2 Å². The average Bonchev–Trinajstić information content (AvgIpc) is 2.78. The van der Waals surface area contributed by atoms with Crippen LogP contribution in [0.3, 0.4) is 0 Å². The van der Waals surface area contributed by atoms with Gasteiger partial charge in [0.25, 0.3) is 0 Å². The van der Waals surface area contributed by atoms with Crippen LogP contribution in [0.1, 0.15) is 64.6 Å². The van der Waals surface area contributed by atoms with E-state index in [1.54, 1.807) is 12.0 Å². The van der Waals surface area contributed by atoms with Gasteiger partial charge in [0.1, 0.15) is 12.3 Å². The molecule has 2 heterocycles. The van der Waals surface area contributed by atoms with E-state index in [1.807, 2.05) is 27.7 Å². The number of ether oxygens (including phenoxy) is 3. The molecule has 3 rings (SSSR count). The molecule has 0 spiro atoms. The molecule has 1 aromatic heterocycles. The van der Waals surface area contributed by atoms with Crippen molar-refractivity contribution in [2.75, 3.05) is 38.8 Å². The quantitative estimate of drug-likeness (QED) is 0.559. The smallest absolute Gasteiger partial charge is 0.381 e. The van der Waals surface area contributed by atoms with Crippen molar-refractivity contribution in [1.82, 2.24) is 4.98 Å². The summed E-state index contributed by atoms with van der Waals surface area (Å²) in [6, 6.07) is 1.42. The monoisotopic (exact) mass is 458 g/mol. The van der Waals surface area contributed by atoms with Crippen LogP contribution in [0.15, 0.2) is 12.3 Å². The molecule has 0 N–H and O–H groups in total. The molecule has 5 nitrogen and oxygen atoms in total. The van der Waals surface area contributed by atoms with Crippen molar-refractivity contribution in [2.24, 2.45) is 0 Å². The number of halogens is 3. The predicted octanol–water partition coefficient (Wildman–Crippen LogP) is 5.31. The Labute approximate surface area is 190 Å². The molecule has 8 heteroatoms. The first-order chi connectivity index (χ1) is 15.4. The number of hydrogen-bond donors (Lipinski definition) is 0. The van der Waals surface area contributed by atoms with Crippen LogP contribution in [0.2, 0.25) is 0 Å². The number of piperidine rings is 1. The fourth-order valence-corrected chi connectivity index (χ4v) is 3.52. The molecule has 0 bridgehead atoms. The number of rotatable bonds is 5. The molecule has 2 fully saturated rings. The number of pyridine rings is 1. The third-order valence-corrected chi connectivity index (χ3v) is 5.17. The predicted molar refractivity (Wildman–Crippen MR) is 121 cm³/mol. The molecule has 1 saturated heterocycles. The zero-order valence-electron chi connectivity index (χ0n) is 20.1. The first kappa shape index (κ1) is 28.2. The second-order valence-electron chi connectivity index (χ2n) is 7.09. The molecule has 182 valence electrons. The minimum absolute atomic E-state index is 0.0798. The Bertz CT molecular complexity index is 717. The fourth-order valence-electron chi connectivity index (χ4n) is 3.52. The van der Waals surface area contributed by atoms with Gasteiger partial charge in [-0.3, -0.25) is 0 Å². The summed E-state index contributed by atoms with van der Waals surface area (Å²) in [4.78, 5) is 5.60. The topological polar surface area (TPSA) is 43.8 Å². The van der Waals surface area contributed by atoms with Gasteiger partial charge in [0.15, 0.2) is 0 Å². The number of anilines is 1. The van der Waals surface area contributed by atoms with Gasteiger partial charge in [-0.1, -0.05) is 33.6 Å². The van der Waals surface area contributed by atoms with Crippen LogP contribution in [0.25, 0.3) is 0 Å². The number of hydrogen-bond acceptors (Lipinski definition) is 5. The van der Waals surface area contributed by atoms with Crippen molar-refractivity contribution in [3.63, 3.8) is 0 Å². The highest BCUT2D eigenvalue weighted by atomic mass is 19.4. The lowest BCUT2D eigenvalue weighted by atomic mass is 9.91. The Morgan fingerprint density at radius 1 is 1.03 bits per heavy atom. The standard InChI is InChI=1S/C20H25F3N2O3.2C2H6/c1-26-9-3-4-14-10-19(18(13-24-14)20(21,22)23)25-7-5-15(6-8-25)28-17-11-16(12-17)27-2;2*1-2/h10,13,15-17H,5-9,11-12H2,1-2H3;2*1-2H3. The number of nitrogens with zero attached hydrogens (tertiary/aromatic N) is 2. The van der Waals surface area contributed by atoms with E-state index in [-0.39, 0.29) is 30.6 Å². The van der Waals surface area contributed by atoms with E-state index in [1.165, 1.54) is 13.2 Å². The van der Waals surface area contributed by atoms with E-state index in [0.717, 1.165) is 19.0 Å². The molecule has 2 aliphatic rings. The summed E-state index contributed by atoms with van der Waals surface area (Å²) in [6.07, 6.45) is 0.132. The van der Waals surface area contributed by atoms with Crippen LogP contribution in [0.5, 0.6) is 0 Å². The molecule has 1 aromatic rings. The summed E-state index contributed by atoms with van der Waals surface area (Å²) in [5, 5.41) is 0. The Balaban J connectivity index is 0.00000121. The van der Waals surface area contributed by atoms with Gasteiger partial charge in [0, 0.05) is 33.5 Å². The molecular weight excluding hydrogens is 421 g/mol. The molecule has 1 saturated carbocycles. The summed E-state index contributed by atoms with van der Waals surface area (Å²) < 4.78 is 56.5. The van der Waals surface area contributed by atoms with Crippen LogP contribution >= 0.6 is 0 Å². The molecular formula is C24H37F3N2O3. The van der Waals surface area contributed by atoms with Crippen molar-refractivity contribution >= 4 is 5.69 Å². The van der Waals surface area contributed by atoms with Gasteiger partial charge in [-0.25, -0.2) is 4.98 Å². The second kappa shape index (κ2) is 14.4. The maximum absolute atomic E-state index is 13.5. The zero-order chi connectivity index (χ0) is 24.1. The number of methoxy groups -OCH3 is 2. The van der Waals surface area contributed by atoms with E-state index in [0.29, 0.717) is 31.6 Å². The van der Waals surface area contributed by atoms with Crippen LogP contribution in [-0.2, 0) is 20.4 Å². The zero-order valence-corrected chi connectivity index (χ0v) is 20.1. The highest BCUT2D eigenvalue weighted by Gasteiger charge is 2.37. The summed E-state index contributed by atoms with van der Waals surface area (Å²) in [5.74, 6) is 5.47. The van der Waals surface area contributed by atoms with Gasteiger partial charge in [-0.15, -0.1) is 0 Å². The van der Waals surface area contributed by atoms with Gasteiger partial charge in [-0.05, 0) is 37.7 Å². The highest BCUT2D eigenvalue weighted by Crippen LogP contribution is 2.38. The Morgan fingerprint density at radius 2 is 1.66 bits per heavy atom. The van der Waals surface area contributed by atoms with E-state index >= 15 is 0 Å². The first-order valence-electron chi connectivity index (χ1n) is 11.4. The average molecular weight is 459 g/mol. The Kier molecular flexibility index (Phi) is 12.7. The Morgan fingerprint density at radius 3 is 2.19 bits per heavy atom. The van der Waals surface area contributed by atoms with Gasteiger partial charge in [-0.2, -0.15) is 13.2 Å². The second-order valence-corrected chi connectivity index (χ2v) is 7.09. The minimum Gasteiger partial charge on any atom is -0.381 e. The SMILES string of the molecule is CC.CC.COCC#Cc1cc(N2CCC(OC3CC(OC)C3)CC2)c(C(F)(F)F)cn1. The summed E-state index contributed by atoms with van der Waals surface area (Å²) >= 11 is 0. The van der Waals surface area contributed by atoms with Crippen molar-refractivity contribution in [3.05, 3.63) is 23.5 Å². The fraction of sp³-hybridized carbons (Fsp3) is 0.708. The first-order valence-corrected chi connectivity index (χ1v) is 11.4. The highest BCUT2D eigenvalue weighted by molar-refractivity contribution is 5.57. The maximum atomic E-state index is 13.5. The number of alkyl halides is 3. The lowest BCUT2D eigenvalue weighted by Gasteiger charge is -2.40. The van der Waals surface area contributed by atoms with E-state index < -0.39 is 11.7 Å². The summed E-state index contributed by atoms with van der Waals surface area (Å²) in [6.45, 7) is 9.21. The normalized spacial score (nSPS) is 20.6. The lowest BCUT2D eigenvalue weighted by Crippen LogP contribution is -2.43. The van der Waals surface area contributed by atoms with Crippen molar-refractivity contribution in [1.29, 1.82) is 0 Å². The van der Waals surface area contributed by atoms with Crippen molar-refractivity contribution < 1.29 is 27.4 Å². The van der Waals surface area contributed by atoms with E-state index in [2.05, 4.69) is 16.8 Å². The molecule has 1 aliphatic carbocycles. The van der Waals surface area contributed by atoms with Crippen LogP contribution in [0, 0.1) is 11.8 Å². The molecule has 0 atom stereocenters. The van der Waals surface area contributed by atoms with Gasteiger partial charge >= 0.3 is 6.18 Å². The maximum Gasteiger partial charge on any atom is 0.419 e. The molecule has 0 radical (unpaired) electrons. The summed E-state index contributed by atoms with van der Waals surface area (Å²) in [7, 11) is 3.20. The van der Waals surface area contributed by atoms with Crippen LogP contribution in [-0.4, -0.2) is 57.2 Å². The van der Waals surface area contributed by atoms with Crippen LogP contribution in [0.4, 0.5) is 18.9 Å². The van der Waals surface area contributed by atoms with Gasteiger partial charge in [0.2, 0.25) is 0 Å². The van der Waals surface area contributed by atoms with Crippen molar-refractivity contribution in [3.8, 4) is 11.8 Å². The Hall–Kier alpha value is -1.82. The third-order valence-electron chi connectivity index (χ3n) is 5.17. The molecule has 0 amide bonds. The molecule has 1 aliphatic heterocycles. The summed E-state index contributed by atoms with van der Waals surface area (Å²) in [5.41, 5.74) is -0.296. The number of aromatic nitrogens is 1. The van der Waals surface area contributed by atoms with Gasteiger partial charge in [0.05, 0.1) is 29.6 Å². The lowest BCUT2D eigenvalue weighted by molar-refractivity contribution is -0.137. The van der Waals surface area contributed by atoms with Gasteiger partial charge < -0.3 is 19.1 Å². The molecule has 0 unspecified atom stereocenters. The van der Waals surface area contributed by atoms with Crippen LogP contribution < -0.4 is 4.90 Å². The molecule has 32 heavy (non-hydrogen) atoms. The van der Waals surface area contributed by atoms with Crippen molar-refractivity contribution in [2.45, 2.75) is 77.9 Å². The van der Waals surface area contributed by atoms with E-state index in [4.69, 9.17) is 14.2 Å².